The minimum absolute atomic E-state index is 0.0904. The summed E-state index contributed by atoms with van der Waals surface area (Å²) in [5.41, 5.74) is 7.65. The summed E-state index contributed by atoms with van der Waals surface area (Å²) >= 11 is 0. The lowest BCUT2D eigenvalue weighted by atomic mass is 9.78. The number of hydrogen-bond acceptors (Lipinski definition) is 4. The van der Waals surface area contributed by atoms with Crippen LogP contribution < -0.4 is 16.4 Å². The van der Waals surface area contributed by atoms with Gasteiger partial charge in [0.2, 0.25) is 0 Å². The molecule has 0 radical (unpaired) electrons. The first kappa shape index (κ1) is 63.1. The minimum Gasteiger partial charge on any atom is -0.324 e. The Morgan fingerprint density at radius 2 is 0.697 bits per heavy atom. The molecule has 0 amide bonds. The lowest BCUT2D eigenvalue weighted by Crippen LogP contribution is -2.58. The van der Waals surface area contributed by atoms with Crippen molar-refractivity contribution >= 4 is 0 Å². The fraction of sp³-hybridized carbons (Fsp3) is 0.903. The number of nitrogens with zero attached hydrogens (tertiary/aromatic N) is 1. The Kier molecular flexibility index (Phi) is 49.6. The van der Waals surface area contributed by atoms with Gasteiger partial charge >= 0.3 is 0 Å². The zero-order valence-electron chi connectivity index (χ0n) is 45.6. The Hall–Kier alpha value is -0.940. The van der Waals surface area contributed by atoms with E-state index in [0.717, 1.165) is 26.2 Å². The Morgan fingerprint density at radius 1 is 0.409 bits per heavy atom. The summed E-state index contributed by atoms with van der Waals surface area (Å²) in [7, 11) is 0. The molecule has 0 saturated carbocycles. The second-order valence-corrected chi connectivity index (χ2v) is 21.4. The van der Waals surface area contributed by atoms with Crippen LogP contribution in [0.25, 0.3) is 0 Å². The Morgan fingerprint density at radius 3 is 1.03 bits per heavy atom. The Balaban J connectivity index is 2.59. The second-order valence-electron chi connectivity index (χ2n) is 21.4. The van der Waals surface area contributed by atoms with Crippen LogP contribution in [0.4, 0.5) is 0 Å². The van der Waals surface area contributed by atoms with Crippen molar-refractivity contribution in [2.75, 3.05) is 39.3 Å². The zero-order valence-corrected chi connectivity index (χ0v) is 45.6. The van der Waals surface area contributed by atoms with Gasteiger partial charge in [0.25, 0.3) is 0 Å². The van der Waals surface area contributed by atoms with Crippen LogP contribution in [0.3, 0.4) is 0 Å². The molecule has 0 bridgehead atoms. The van der Waals surface area contributed by atoms with Crippen molar-refractivity contribution in [1.82, 2.24) is 15.5 Å². The first-order valence-corrected chi connectivity index (χ1v) is 30.6. The van der Waals surface area contributed by atoms with Gasteiger partial charge in [0.05, 0.1) is 0 Å². The van der Waals surface area contributed by atoms with Gasteiger partial charge in [-0.05, 0) is 96.3 Å². The van der Waals surface area contributed by atoms with Gasteiger partial charge in [0.15, 0.2) is 0 Å². The maximum Gasteiger partial charge on any atom is 0.0309 e. The van der Waals surface area contributed by atoms with Crippen LogP contribution in [0.1, 0.15) is 310 Å². The van der Waals surface area contributed by atoms with Crippen LogP contribution in [0.5, 0.6) is 0 Å². The van der Waals surface area contributed by atoms with Gasteiger partial charge in [-0.3, -0.25) is 4.90 Å². The SMILES string of the molecule is CCCCCCCC/C=C\CCCCCCCCC(NCCN1CCNCC1)C(N)(CCCCCCCC/C=C\CCCCCCCC)CCCCCCCC/C=C\CCCCCCCC. The summed E-state index contributed by atoms with van der Waals surface area (Å²) in [5, 5.41) is 7.71. The van der Waals surface area contributed by atoms with Crippen molar-refractivity contribution in [3.8, 4) is 0 Å². The fourth-order valence-electron chi connectivity index (χ4n) is 10.4. The van der Waals surface area contributed by atoms with E-state index in [4.69, 9.17) is 5.73 Å². The molecule has 4 N–H and O–H groups in total. The van der Waals surface area contributed by atoms with Crippen LogP contribution in [0.15, 0.2) is 36.5 Å². The predicted molar refractivity (Wildman–Crippen MR) is 300 cm³/mol. The van der Waals surface area contributed by atoms with E-state index < -0.39 is 0 Å². The van der Waals surface area contributed by atoms with E-state index in [2.05, 4.69) is 72.8 Å². The van der Waals surface area contributed by atoms with Gasteiger partial charge < -0.3 is 16.4 Å². The lowest BCUT2D eigenvalue weighted by Gasteiger charge is -2.40. The number of unbranched alkanes of at least 4 members (excludes halogenated alkanes) is 36. The van der Waals surface area contributed by atoms with Crippen molar-refractivity contribution in [2.45, 2.75) is 321 Å². The van der Waals surface area contributed by atoms with E-state index in [1.165, 1.54) is 302 Å². The van der Waals surface area contributed by atoms with Crippen molar-refractivity contribution in [3.05, 3.63) is 36.5 Å². The maximum absolute atomic E-state index is 7.74. The summed E-state index contributed by atoms with van der Waals surface area (Å²) in [4.78, 5) is 2.65. The zero-order chi connectivity index (χ0) is 47.4. The number of rotatable bonds is 53. The maximum atomic E-state index is 7.74. The molecule has 1 atom stereocenters. The number of nitrogens with one attached hydrogen (secondary N) is 2. The summed E-state index contributed by atoms with van der Waals surface area (Å²) in [6, 6.07) is 0.434. The molecule has 0 aromatic rings. The highest BCUT2D eigenvalue weighted by Crippen LogP contribution is 2.28. The lowest BCUT2D eigenvalue weighted by molar-refractivity contribution is 0.204. The van der Waals surface area contributed by atoms with Gasteiger partial charge in [0, 0.05) is 50.8 Å². The predicted octanol–water partition coefficient (Wildman–Crippen LogP) is 18.8. The highest BCUT2D eigenvalue weighted by Gasteiger charge is 2.33. The van der Waals surface area contributed by atoms with E-state index >= 15 is 0 Å². The van der Waals surface area contributed by atoms with Crippen LogP contribution in [-0.2, 0) is 0 Å². The highest BCUT2D eigenvalue weighted by atomic mass is 15.2. The molecule has 1 unspecified atom stereocenters. The van der Waals surface area contributed by atoms with Gasteiger partial charge in [-0.2, -0.15) is 0 Å². The molecule has 390 valence electrons. The smallest absolute Gasteiger partial charge is 0.0309 e. The van der Waals surface area contributed by atoms with Crippen molar-refractivity contribution in [2.24, 2.45) is 5.73 Å². The van der Waals surface area contributed by atoms with Crippen molar-refractivity contribution in [1.29, 1.82) is 0 Å². The second kappa shape index (κ2) is 51.9. The average molecular weight is 924 g/mol. The van der Waals surface area contributed by atoms with Crippen molar-refractivity contribution in [3.63, 3.8) is 0 Å². The summed E-state index contributed by atoms with van der Waals surface area (Å²) in [6.07, 6.45) is 75.9. The van der Waals surface area contributed by atoms with E-state index in [-0.39, 0.29) is 5.54 Å². The molecular weight excluding hydrogens is 801 g/mol. The highest BCUT2D eigenvalue weighted by molar-refractivity contribution is 4.96. The molecule has 0 aliphatic carbocycles. The van der Waals surface area contributed by atoms with Gasteiger partial charge in [-0.25, -0.2) is 0 Å². The molecule has 66 heavy (non-hydrogen) atoms. The van der Waals surface area contributed by atoms with Crippen molar-refractivity contribution < 1.29 is 0 Å². The molecule has 1 saturated heterocycles. The normalized spacial score (nSPS) is 14.5. The number of hydrogen-bond donors (Lipinski definition) is 3. The van der Waals surface area contributed by atoms with Gasteiger partial charge in [-0.15, -0.1) is 0 Å². The van der Waals surface area contributed by atoms with Crippen LogP contribution in [0.2, 0.25) is 0 Å². The first-order valence-electron chi connectivity index (χ1n) is 30.6. The molecular formula is C62H122N4. The van der Waals surface area contributed by atoms with Gasteiger partial charge in [0.1, 0.15) is 0 Å². The van der Waals surface area contributed by atoms with Crippen LogP contribution in [-0.4, -0.2) is 55.7 Å². The van der Waals surface area contributed by atoms with Gasteiger partial charge in [-0.1, -0.05) is 250 Å². The average Bonchev–Trinajstić information content (AvgIpc) is 3.33. The molecule has 1 aliphatic rings. The Bertz CT molecular complexity index is 971. The van der Waals surface area contributed by atoms with E-state index in [9.17, 15) is 0 Å². The minimum atomic E-state index is -0.0904. The molecule has 0 aromatic heterocycles. The molecule has 0 aromatic carbocycles. The Labute approximate surface area is 416 Å². The fourth-order valence-corrected chi connectivity index (χ4v) is 10.4. The third kappa shape index (κ3) is 43.1. The molecule has 4 heteroatoms. The number of piperazine rings is 1. The first-order chi connectivity index (χ1) is 32.7. The topological polar surface area (TPSA) is 53.3 Å². The number of allylic oxidation sites excluding steroid dienone is 6. The molecule has 1 heterocycles. The molecule has 1 fully saturated rings. The third-order valence-corrected chi connectivity index (χ3v) is 15.0. The summed E-state index contributed by atoms with van der Waals surface area (Å²) in [5.74, 6) is 0. The van der Waals surface area contributed by atoms with Crippen LogP contribution in [0, 0.1) is 0 Å². The standard InChI is InChI=1S/C62H122N4/c1-4-7-10-13-16-19-22-25-28-31-34-37-40-43-46-49-52-61(65-57-60-66-58-55-64-56-59-66)62(63,53-50-47-44-41-38-35-32-29-26-23-20-17-14-11-8-5-2)54-51-48-45-42-39-36-33-30-27-24-21-18-15-12-9-6-3/h25-30,61,64-65H,4-24,31-60,63H2,1-3H3/b28-25-,29-26-,30-27-. The largest absolute Gasteiger partial charge is 0.324 e. The monoisotopic (exact) mass is 923 g/mol. The van der Waals surface area contributed by atoms with E-state index in [0.29, 0.717) is 6.04 Å². The van der Waals surface area contributed by atoms with E-state index in [1.54, 1.807) is 0 Å². The molecule has 1 aliphatic heterocycles. The van der Waals surface area contributed by atoms with Crippen LogP contribution >= 0.6 is 0 Å². The quantitative estimate of drug-likeness (QED) is 0.0420. The molecule has 0 spiro atoms. The third-order valence-electron chi connectivity index (χ3n) is 15.0. The number of nitrogens with two attached hydrogens (primary N) is 1. The summed E-state index contributed by atoms with van der Waals surface area (Å²) < 4.78 is 0. The van der Waals surface area contributed by atoms with E-state index in [1.807, 2.05) is 0 Å². The molecule has 4 nitrogen and oxygen atoms in total. The molecule has 1 rings (SSSR count). The summed E-state index contributed by atoms with van der Waals surface area (Å²) in [6.45, 7) is 13.8.